The second-order valence-electron chi connectivity index (χ2n) is 3.38. The summed E-state index contributed by atoms with van der Waals surface area (Å²) in [4.78, 5) is 4.43. The molecule has 1 aliphatic rings. The number of aryl methyl sites for hydroxylation is 2. The van der Waals surface area contributed by atoms with Crippen molar-refractivity contribution in [3.8, 4) is 0 Å². The van der Waals surface area contributed by atoms with Crippen molar-refractivity contribution in [2.24, 2.45) is 4.99 Å². The van der Waals surface area contributed by atoms with Gasteiger partial charge in [-0.2, -0.15) is 0 Å². The lowest BCUT2D eigenvalue weighted by atomic mass is 9.97. The number of nitrogens with zero attached hydrogens (tertiary/aromatic N) is 1. The lowest BCUT2D eigenvalue weighted by Gasteiger charge is -2.14. The molecule has 0 unspecified atom stereocenters. The Balaban J connectivity index is 2.67. The van der Waals surface area contributed by atoms with Gasteiger partial charge in [-0.3, -0.25) is 4.99 Å². The molecule has 0 amide bonds. The maximum absolute atomic E-state index is 4.43. The summed E-state index contributed by atoms with van der Waals surface area (Å²) >= 11 is 0. The minimum Gasteiger partial charge on any atom is -0.261 e. The summed E-state index contributed by atoms with van der Waals surface area (Å²) in [5, 5.41) is 0. The first-order chi connectivity index (χ1) is 5.79. The summed E-state index contributed by atoms with van der Waals surface area (Å²) in [6.45, 7) is 4.29. The van der Waals surface area contributed by atoms with Crippen LogP contribution in [0.3, 0.4) is 0 Å². The third-order valence-corrected chi connectivity index (χ3v) is 2.46. The summed E-state index contributed by atoms with van der Waals surface area (Å²) < 4.78 is 0. The van der Waals surface area contributed by atoms with Gasteiger partial charge in [-0.05, 0) is 43.4 Å². The molecule has 0 atom stereocenters. The predicted octanol–water partition coefficient (Wildman–Crippen LogP) is 2.95. The van der Waals surface area contributed by atoms with Gasteiger partial charge < -0.3 is 0 Å². The molecule has 1 aromatic carbocycles. The molecule has 1 aliphatic heterocycles. The Morgan fingerprint density at radius 1 is 1.17 bits per heavy atom. The van der Waals surface area contributed by atoms with Crippen LogP contribution in [0.2, 0.25) is 0 Å². The first kappa shape index (κ1) is 7.53. The minimum atomic E-state index is 1.09. The second-order valence-corrected chi connectivity index (χ2v) is 3.38. The van der Waals surface area contributed by atoms with Crippen LogP contribution in [0, 0.1) is 13.8 Å². The molecule has 0 saturated heterocycles. The lowest BCUT2D eigenvalue weighted by molar-refractivity contribution is 1.00. The average Bonchev–Trinajstić information content (AvgIpc) is 2.12. The fourth-order valence-electron chi connectivity index (χ4n) is 1.71. The number of aliphatic imine (C=N–C) groups is 1. The van der Waals surface area contributed by atoms with E-state index in [9.17, 15) is 0 Å². The van der Waals surface area contributed by atoms with Crippen LogP contribution in [-0.4, -0.2) is 6.21 Å². The molecule has 0 aromatic heterocycles. The van der Waals surface area contributed by atoms with Crippen molar-refractivity contribution >= 4 is 11.9 Å². The normalized spacial score (nSPS) is 14.5. The second kappa shape index (κ2) is 2.74. The highest BCUT2D eigenvalue weighted by Crippen LogP contribution is 2.30. The molecule has 0 bridgehead atoms. The average molecular weight is 159 g/mol. The number of hydrogen-bond donors (Lipinski definition) is 0. The monoisotopic (exact) mass is 159 g/mol. The minimum absolute atomic E-state index is 1.09. The molecule has 0 spiro atoms. The molecule has 1 heterocycles. The van der Waals surface area contributed by atoms with E-state index in [1.165, 1.54) is 22.4 Å². The largest absolute Gasteiger partial charge is 0.261 e. The summed E-state index contributed by atoms with van der Waals surface area (Å²) in [6, 6.07) is 4.34. The van der Waals surface area contributed by atoms with Crippen molar-refractivity contribution in [2.45, 2.75) is 26.7 Å². The zero-order valence-electron chi connectivity index (χ0n) is 7.59. The van der Waals surface area contributed by atoms with Gasteiger partial charge >= 0.3 is 0 Å². The third-order valence-electron chi connectivity index (χ3n) is 2.46. The van der Waals surface area contributed by atoms with Gasteiger partial charge in [0.25, 0.3) is 0 Å². The molecule has 12 heavy (non-hydrogen) atoms. The van der Waals surface area contributed by atoms with Gasteiger partial charge in [0.2, 0.25) is 0 Å². The van der Waals surface area contributed by atoms with E-state index < -0.39 is 0 Å². The van der Waals surface area contributed by atoms with Gasteiger partial charge in [0.15, 0.2) is 0 Å². The first-order valence-electron chi connectivity index (χ1n) is 4.40. The summed E-state index contributed by atoms with van der Waals surface area (Å²) in [6.07, 6.45) is 4.28. The zero-order chi connectivity index (χ0) is 8.55. The molecule has 0 fully saturated rings. The zero-order valence-corrected chi connectivity index (χ0v) is 7.59. The molecule has 1 nitrogen and oxygen atoms in total. The van der Waals surface area contributed by atoms with E-state index in [-0.39, 0.29) is 0 Å². The Morgan fingerprint density at radius 2 is 1.92 bits per heavy atom. The summed E-state index contributed by atoms with van der Waals surface area (Å²) in [7, 11) is 0. The van der Waals surface area contributed by atoms with E-state index in [0.717, 1.165) is 12.8 Å². The molecule has 0 N–H and O–H groups in total. The van der Waals surface area contributed by atoms with Gasteiger partial charge in [0.1, 0.15) is 0 Å². The third kappa shape index (κ3) is 1.06. The van der Waals surface area contributed by atoms with E-state index >= 15 is 0 Å². The topological polar surface area (TPSA) is 12.4 Å². The molecule has 62 valence electrons. The highest BCUT2D eigenvalue weighted by molar-refractivity contribution is 5.71. The van der Waals surface area contributed by atoms with Crippen LogP contribution >= 0.6 is 0 Å². The smallest absolute Gasteiger partial charge is 0.0689 e. The van der Waals surface area contributed by atoms with Crippen molar-refractivity contribution in [3.63, 3.8) is 0 Å². The number of rotatable bonds is 0. The molecule has 0 aliphatic carbocycles. The maximum Gasteiger partial charge on any atom is 0.0689 e. The molecule has 0 radical (unpaired) electrons. The van der Waals surface area contributed by atoms with E-state index in [2.05, 4.69) is 31.0 Å². The number of fused-ring (bicyclic) bond motifs is 1. The van der Waals surface area contributed by atoms with Crippen molar-refractivity contribution in [2.75, 3.05) is 0 Å². The first-order valence-corrected chi connectivity index (χ1v) is 4.40. The highest BCUT2D eigenvalue weighted by Gasteiger charge is 2.09. The van der Waals surface area contributed by atoms with E-state index in [1.807, 2.05) is 6.21 Å². The van der Waals surface area contributed by atoms with Crippen molar-refractivity contribution in [1.29, 1.82) is 0 Å². The standard InChI is InChI=1S/C11H13N/c1-8-5-6-9(2)11-10(8)4-3-7-12-11/h5-7H,3-4H2,1-2H3. The predicted molar refractivity (Wildman–Crippen MR) is 52.4 cm³/mol. The van der Waals surface area contributed by atoms with Crippen LogP contribution < -0.4 is 0 Å². The summed E-state index contributed by atoms with van der Waals surface area (Å²) in [5.41, 5.74) is 5.33. The molecular weight excluding hydrogens is 146 g/mol. The Labute approximate surface area is 73.1 Å². The van der Waals surface area contributed by atoms with Gasteiger partial charge in [-0.25, -0.2) is 0 Å². The van der Waals surface area contributed by atoms with E-state index in [0.29, 0.717) is 0 Å². The SMILES string of the molecule is Cc1ccc(C)c2c1CCC=N2. The van der Waals surface area contributed by atoms with Gasteiger partial charge in [0, 0.05) is 6.21 Å². The Hall–Kier alpha value is -1.11. The van der Waals surface area contributed by atoms with Crippen LogP contribution in [0.15, 0.2) is 17.1 Å². The Bertz CT molecular complexity index is 337. The van der Waals surface area contributed by atoms with Gasteiger partial charge in [-0.15, -0.1) is 0 Å². The van der Waals surface area contributed by atoms with Crippen molar-refractivity contribution in [3.05, 3.63) is 28.8 Å². The molecule has 2 rings (SSSR count). The molecule has 1 heteroatoms. The fraction of sp³-hybridized carbons (Fsp3) is 0.364. The van der Waals surface area contributed by atoms with Crippen LogP contribution in [0.25, 0.3) is 0 Å². The Morgan fingerprint density at radius 3 is 2.67 bits per heavy atom. The van der Waals surface area contributed by atoms with Crippen molar-refractivity contribution < 1.29 is 0 Å². The Kier molecular flexibility index (Phi) is 1.72. The maximum atomic E-state index is 4.43. The molecular formula is C11H13N. The fourth-order valence-corrected chi connectivity index (χ4v) is 1.71. The van der Waals surface area contributed by atoms with Gasteiger partial charge in [0.05, 0.1) is 5.69 Å². The number of benzene rings is 1. The lowest BCUT2D eigenvalue weighted by Crippen LogP contribution is -1.98. The highest BCUT2D eigenvalue weighted by atomic mass is 14.7. The molecule has 1 aromatic rings. The number of hydrogen-bond acceptors (Lipinski definition) is 1. The van der Waals surface area contributed by atoms with Crippen LogP contribution in [0.4, 0.5) is 5.69 Å². The van der Waals surface area contributed by atoms with Crippen LogP contribution in [0.5, 0.6) is 0 Å². The van der Waals surface area contributed by atoms with Crippen LogP contribution in [0.1, 0.15) is 23.1 Å². The van der Waals surface area contributed by atoms with Crippen molar-refractivity contribution in [1.82, 2.24) is 0 Å². The van der Waals surface area contributed by atoms with Crippen LogP contribution in [-0.2, 0) is 6.42 Å². The summed E-state index contributed by atoms with van der Waals surface area (Å²) in [5.74, 6) is 0. The molecule has 0 saturated carbocycles. The van der Waals surface area contributed by atoms with E-state index in [1.54, 1.807) is 0 Å². The van der Waals surface area contributed by atoms with Gasteiger partial charge in [-0.1, -0.05) is 12.1 Å². The van der Waals surface area contributed by atoms with E-state index in [4.69, 9.17) is 0 Å². The quantitative estimate of drug-likeness (QED) is 0.552.